The monoisotopic (exact) mass is 280 g/mol. The van der Waals surface area contributed by atoms with Crippen LogP contribution in [0.3, 0.4) is 0 Å². The summed E-state index contributed by atoms with van der Waals surface area (Å²) in [6.07, 6.45) is 1.70. The largest absolute Gasteiger partial charge is 0.352 e. The fourth-order valence-corrected chi connectivity index (χ4v) is 2.61. The Hall–Kier alpha value is -1.20. The number of aromatic nitrogens is 1. The van der Waals surface area contributed by atoms with E-state index in [0.717, 1.165) is 26.2 Å². The van der Waals surface area contributed by atoms with Gasteiger partial charge in [0.2, 0.25) is 0 Å². The number of hydrogen-bond acceptors (Lipinski definition) is 4. The van der Waals surface area contributed by atoms with Crippen molar-refractivity contribution < 1.29 is 4.39 Å². The van der Waals surface area contributed by atoms with E-state index in [1.54, 1.807) is 12.3 Å². The van der Waals surface area contributed by atoms with E-state index in [0.29, 0.717) is 17.9 Å². The number of halogens is 1. The SMILES string of the molecule is CNCc1ccnc(N2CCN(C(C)(C)C)CC2)c1F. The third kappa shape index (κ3) is 3.27. The quantitative estimate of drug-likeness (QED) is 0.916. The van der Waals surface area contributed by atoms with Gasteiger partial charge in [0, 0.05) is 50.0 Å². The average Bonchev–Trinajstić information content (AvgIpc) is 2.41. The lowest BCUT2D eigenvalue weighted by Crippen LogP contribution is -2.53. The van der Waals surface area contributed by atoms with Crippen LogP contribution < -0.4 is 10.2 Å². The molecule has 2 rings (SSSR count). The van der Waals surface area contributed by atoms with E-state index in [1.807, 2.05) is 7.05 Å². The number of nitrogens with one attached hydrogen (secondary N) is 1. The standard InChI is InChI=1S/C15H25FN4/c1-15(2,3)20-9-7-19(8-10-20)14-13(16)12(11-17-4)5-6-18-14/h5-6,17H,7-11H2,1-4H3. The van der Waals surface area contributed by atoms with Gasteiger partial charge in [-0.05, 0) is 33.9 Å². The summed E-state index contributed by atoms with van der Waals surface area (Å²) in [5.41, 5.74) is 0.849. The molecule has 0 radical (unpaired) electrons. The molecule has 0 spiro atoms. The van der Waals surface area contributed by atoms with Crippen molar-refractivity contribution >= 4 is 5.82 Å². The Balaban J connectivity index is 2.09. The molecule has 1 fully saturated rings. The molecule has 1 N–H and O–H groups in total. The summed E-state index contributed by atoms with van der Waals surface area (Å²) in [5.74, 6) is 0.303. The number of nitrogens with zero attached hydrogens (tertiary/aromatic N) is 3. The van der Waals surface area contributed by atoms with E-state index >= 15 is 0 Å². The summed E-state index contributed by atoms with van der Waals surface area (Å²) in [6, 6.07) is 1.74. The van der Waals surface area contributed by atoms with Crippen LogP contribution in [0.5, 0.6) is 0 Å². The Morgan fingerprint density at radius 1 is 1.25 bits per heavy atom. The van der Waals surface area contributed by atoms with Crippen LogP contribution in [0.15, 0.2) is 12.3 Å². The summed E-state index contributed by atoms with van der Waals surface area (Å²) >= 11 is 0. The number of piperazine rings is 1. The van der Waals surface area contributed by atoms with Crippen LogP contribution in [0.4, 0.5) is 10.2 Å². The smallest absolute Gasteiger partial charge is 0.170 e. The minimum atomic E-state index is -0.189. The maximum absolute atomic E-state index is 14.4. The van der Waals surface area contributed by atoms with Crippen LogP contribution >= 0.6 is 0 Å². The first-order chi connectivity index (χ1) is 9.43. The molecule has 0 unspecified atom stereocenters. The highest BCUT2D eigenvalue weighted by molar-refractivity contribution is 5.43. The molecule has 1 aromatic heterocycles. The summed E-state index contributed by atoms with van der Waals surface area (Å²) < 4.78 is 14.4. The number of hydrogen-bond donors (Lipinski definition) is 1. The minimum Gasteiger partial charge on any atom is -0.352 e. The van der Waals surface area contributed by atoms with Crippen LogP contribution in [0.1, 0.15) is 26.3 Å². The van der Waals surface area contributed by atoms with Crippen molar-refractivity contribution in [3.05, 3.63) is 23.6 Å². The predicted molar refractivity (Wildman–Crippen MR) is 80.5 cm³/mol. The lowest BCUT2D eigenvalue weighted by molar-refractivity contribution is 0.128. The Morgan fingerprint density at radius 3 is 2.45 bits per heavy atom. The molecule has 5 heteroatoms. The second-order valence-electron chi connectivity index (χ2n) is 6.28. The zero-order valence-electron chi connectivity index (χ0n) is 12.9. The molecule has 20 heavy (non-hydrogen) atoms. The Labute approximate surface area is 121 Å². The molecule has 1 aliphatic heterocycles. The van der Waals surface area contributed by atoms with Crippen LogP contribution in [-0.4, -0.2) is 48.6 Å². The average molecular weight is 280 g/mol. The molecule has 1 aliphatic rings. The third-order valence-corrected chi connectivity index (χ3v) is 3.85. The molecule has 2 heterocycles. The van der Waals surface area contributed by atoms with Gasteiger partial charge < -0.3 is 10.2 Å². The summed E-state index contributed by atoms with van der Waals surface area (Å²) in [7, 11) is 1.82. The van der Waals surface area contributed by atoms with Gasteiger partial charge >= 0.3 is 0 Å². The zero-order chi connectivity index (χ0) is 14.8. The Bertz CT molecular complexity index is 448. The van der Waals surface area contributed by atoms with Crippen molar-refractivity contribution in [3.8, 4) is 0 Å². The molecule has 0 amide bonds. The van der Waals surface area contributed by atoms with Crippen molar-refractivity contribution in [1.82, 2.24) is 15.2 Å². The summed E-state index contributed by atoms with van der Waals surface area (Å²) in [5, 5.41) is 2.99. The summed E-state index contributed by atoms with van der Waals surface area (Å²) in [4.78, 5) is 8.72. The van der Waals surface area contributed by atoms with Crippen LogP contribution in [0, 0.1) is 5.82 Å². The van der Waals surface area contributed by atoms with Crippen LogP contribution in [-0.2, 0) is 6.54 Å². The lowest BCUT2D eigenvalue weighted by Gasteiger charge is -2.42. The van der Waals surface area contributed by atoms with Crippen molar-refractivity contribution in [2.75, 3.05) is 38.1 Å². The molecule has 1 saturated heterocycles. The highest BCUT2D eigenvalue weighted by Crippen LogP contribution is 2.23. The predicted octanol–water partition coefficient (Wildman–Crippen LogP) is 1.86. The number of rotatable bonds is 3. The molecule has 1 aromatic rings. The van der Waals surface area contributed by atoms with Gasteiger partial charge in [0.1, 0.15) is 0 Å². The molecule has 0 aromatic carbocycles. The normalized spacial score (nSPS) is 17.6. The van der Waals surface area contributed by atoms with E-state index in [9.17, 15) is 4.39 Å². The van der Waals surface area contributed by atoms with E-state index in [4.69, 9.17) is 0 Å². The maximum atomic E-state index is 14.4. The van der Waals surface area contributed by atoms with Crippen LogP contribution in [0.25, 0.3) is 0 Å². The van der Waals surface area contributed by atoms with E-state index in [-0.39, 0.29) is 11.4 Å². The van der Waals surface area contributed by atoms with Gasteiger partial charge in [-0.3, -0.25) is 4.90 Å². The molecule has 0 atom stereocenters. The minimum absolute atomic E-state index is 0.173. The Morgan fingerprint density at radius 2 is 1.90 bits per heavy atom. The van der Waals surface area contributed by atoms with Crippen molar-refractivity contribution in [2.24, 2.45) is 0 Å². The zero-order valence-corrected chi connectivity index (χ0v) is 12.9. The molecule has 0 aliphatic carbocycles. The fourth-order valence-electron chi connectivity index (χ4n) is 2.61. The molecular weight excluding hydrogens is 255 g/mol. The summed E-state index contributed by atoms with van der Waals surface area (Å²) in [6.45, 7) is 10.7. The van der Waals surface area contributed by atoms with Gasteiger partial charge in [-0.2, -0.15) is 0 Å². The molecule has 4 nitrogen and oxygen atoms in total. The van der Waals surface area contributed by atoms with Crippen molar-refractivity contribution in [2.45, 2.75) is 32.9 Å². The molecule has 0 saturated carbocycles. The lowest BCUT2D eigenvalue weighted by atomic mass is 10.0. The van der Waals surface area contributed by atoms with E-state index in [1.165, 1.54) is 0 Å². The van der Waals surface area contributed by atoms with Gasteiger partial charge in [0.15, 0.2) is 11.6 Å². The van der Waals surface area contributed by atoms with Crippen molar-refractivity contribution in [1.29, 1.82) is 0 Å². The second-order valence-corrected chi connectivity index (χ2v) is 6.28. The van der Waals surface area contributed by atoms with Gasteiger partial charge in [0.25, 0.3) is 0 Å². The number of pyridine rings is 1. The molecule has 112 valence electrons. The molecule has 0 bridgehead atoms. The van der Waals surface area contributed by atoms with Gasteiger partial charge in [-0.15, -0.1) is 0 Å². The highest BCUT2D eigenvalue weighted by Gasteiger charge is 2.27. The van der Waals surface area contributed by atoms with Gasteiger partial charge in [0.05, 0.1) is 0 Å². The molecular formula is C15H25FN4. The first-order valence-corrected chi connectivity index (χ1v) is 7.21. The van der Waals surface area contributed by atoms with E-state index in [2.05, 4.69) is 40.9 Å². The van der Waals surface area contributed by atoms with Gasteiger partial charge in [-0.25, -0.2) is 9.37 Å². The first kappa shape index (κ1) is 15.2. The third-order valence-electron chi connectivity index (χ3n) is 3.85. The van der Waals surface area contributed by atoms with Crippen LogP contribution in [0.2, 0.25) is 0 Å². The highest BCUT2D eigenvalue weighted by atomic mass is 19.1. The second kappa shape index (κ2) is 6.06. The Kier molecular flexibility index (Phi) is 4.60. The van der Waals surface area contributed by atoms with Gasteiger partial charge in [-0.1, -0.05) is 0 Å². The first-order valence-electron chi connectivity index (χ1n) is 7.21. The number of anilines is 1. The fraction of sp³-hybridized carbons (Fsp3) is 0.667. The maximum Gasteiger partial charge on any atom is 0.170 e. The topological polar surface area (TPSA) is 31.4 Å². The van der Waals surface area contributed by atoms with Crippen molar-refractivity contribution in [3.63, 3.8) is 0 Å². The van der Waals surface area contributed by atoms with E-state index < -0.39 is 0 Å².